The number of ether oxygens (including phenoxy) is 1. The minimum absolute atomic E-state index is 0.142. The topological polar surface area (TPSA) is 33.0 Å². The summed E-state index contributed by atoms with van der Waals surface area (Å²) >= 11 is 0. The Morgan fingerprint density at radius 1 is 1.75 bits per heavy atom. The highest BCUT2D eigenvalue weighted by molar-refractivity contribution is 4.94. The summed E-state index contributed by atoms with van der Waals surface area (Å²) < 4.78 is 4.99. The standard InChI is InChI=1S/C6H8NO/c7-5-6-1-3-8-4-2-6/h1,6H,2-4H2. The maximum atomic E-state index is 8.35. The van der Waals surface area contributed by atoms with Gasteiger partial charge in [-0.1, -0.05) is 0 Å². The lowest BCUT2D eigenvalue weighted by molar-refractivity contribution is 0.114. The van der Waals surface area contributed by atoms with Crippen molar-refractivity contribution < 1.29 is 4.74 Å². The average molecular weight is 110 g/mol. The number of rotatable bonds is 0. The number of nitrogens with zero attached hydrogens (tertiary/aromatic N) is 1. The molecule has 0 N–H and O–H groups in total. The fourth-order valence-electron chi connectivity index (χ4n) is 0.713. The third-order valence-corrected chi connectivity index (χ3v) is 1.24. The molecule has 1 fully saturated rings. The highest BCUT2D eigenvalue weighted by Crippen LogP contribution is 2.10. The van der Waals surface area contributed by atoms with Crippen LogP contribution in [0.25, 0.3) is 0 Å². The van der Waals surface area contributed by atoms with Gasteiger partial charge in [-0.3, -0.25) is 0 Å². The smallest absolute Gasteiger partial charge is 0.0660 e. The molecule has 0 aromatic heterocycles. The van der Waals surface area contributed by atoms with Crippen LogP contribution in [-0.4, -0.2) is 13.2 Å². The Balaban J connectivity index is 2.25. The lowest BCUT2D eigenvalue weighted by Gasteiger charge is -2.14. The monoisotopic (exact) mass is 110 g/mol. The van der Waals surface area contributed by atoms with Gasteiger partial charge < -0.3 is 4.74 Å². The van der Waals surface area contributed by atoms with E-state index < -0.39 is 0 Å². The Kier molecular flexibility index (Phi) is 1.87. The minimum Gasteiger partial charge on any atom is -0.381 e. The van der Waals surface area contributed by atoms with Gasteiger partial charge in [0.25, 0.3) is 0 Å². The second-order valence-corrected chi connectivity index (χ2v) is 1.83. The van der Waals surface area contributed by atoms with E-state index in [4.69, 9.17) is 10.00 Å². The molecule has 0 spiro atoms. The van der Waals surface area contributed by atoms with Gasteiger partial charge in [-0.25, -0.2) is 0 Å². The van der Waals surface area contributed by atoms with Gasteiger partial charge in [0, 0.05) is 13.0 Å². The van der Waals surface area contributed by atoms with Crippen LogP contribution in [0.1, 0.15) is 6.42 Å². The lowest BCUT2D eigenvalue weighted by Crippen LogP contribution is -2.14. The van der Waals surface area contributed by atoms with Gasteiger partial charge in [0.15, 0.2) is 0 Å². The first-order valence-corrected chi connectivity index (χ1v) is 2.74. The van der Waals surface area contributed by atoms with E-state index in [0.717, 1.165) is 13.0 Å². The molecule has 1 aliphatic rings. The van der Waals surface area contributed by atoms with Crippen molar-refractivity contribution in [3.8, 4) is 6.07 Å². The van der Waals surface area contributed by atoms with Crippen LogP contribution in [0.15, 0.2) is 0 Å². The van der Waals surface area contributed by atoms with Gasteiger partial charge in [-0.15, -0.1) is 0 Å². The summed E-state index contributed by atoms with van der Waals surface area (Å²) in [5, 5.41) is 8.35. The fourth-order valence-corrected chi connectivity index (χ4v) is 0.713. The molecule has 8 heavy (non-hydrogen) atoms. The molecular formula is C6H8NO. The molecular weight excluding hydrogens is 102 g/mol. The van der Waals surface area contributed by atoms with E-state index in [-0.39, 0.29) is 5.92 Å². The van der Waals surface area contributed by atoms with Crippen molar-refractivity contribution >= 4 is 0 Å². The summed E-state index contributed by atoms with van der Waals surface area (Å²) in [5.74, 6) is 0.142. The normalized spacial score (nSPS) is 22.4. The van der Waals surface area contributed by atoms with Crippen LogP contribution in [0, 0.1) is 23.7 Å². The van der Waals surface area contributed by atoms with Crippen LogP contribution >= 0.6 is 0 Å². The molecule has 2 nitrogen and oxygen atoms in total. The van der Waals surface area contributed by atoms with Gasteiger partial charge in [-0.2, -0.15) is 5.26 Å². The largest absolute Gasteiger partial charge is 0.381 e. The fraction of sp³-hybridized carbons (Fsp3) is 0.667. The van der Waals surface area contributed by atoms with Crippen molar-refractivity contribution in [3.05, 3.63) is 6.42 Å². The third-order valence-electron chi connectivity index (χ3n) is 1.24. The molecule has 0 saturated carbocycles. The molecule has 1 aliphatic heterocycles. The van der Waals surface area contributed by atoms with E-state index in [9.17, 15) is 0 Å². The van der Waals surface area contributed by atoms with E-state index in [0.29, 0.717) is 6.61 Å². The zero-order valence-electron chi connectivity index (χ0n) is 4.63. The van der Waals surface area contributed by atoms with Gasteiger partial charge in [-0.05, 0) is 6.42 Å². The number of nitriles is 1. The van der Waals surface area contributed by atoms with Crippen LogP contribution in [0.2, 0.25) is 0 Å². The lowest BCUT2D eigenvalue weighted by atomic mass is 10.0. The summed E-state index contributed by atoms with van der Waals surface area (Å²) in [7, 11) is 0. The van der Waals surface area contributed by atoms with E-state index >= 15 is 0 Å². The predicted molar refractivity (Wildman–Crippen MR) is 28.8 cm³/mol. The van der Waals surface area contributed by atoms with E-state index in [1.807, 2.05) is 6.42 Å². The zero-order valence-corrected chi connectivity index (χ0v) is 4.63. The van der Waals surface area contributed by atoms with E-state index in [1.54, 1.807) is 0 Å². The van der Waals surface area contributed by atoms with Crippen LogP contribution < -0.4 is 0 Å². The van der Waals surface area contributed by atoms with Gasteiger partial charge in [0.2, 0.25) is 0 Å². The zero-order chi connectivity index (χ0) is 5.82. The van der Waals surface area contributed by atoms with E-state index in [2.05, 4.69) is 6.07 Å². The van der Waals surface area contributed by atoms with Crippen LogP contribution in [0.3, 0.4) is 0 Å². The van der Waals surface area contributed by atoms with Crippen molar-refractivity contribution in [1.82, 2.24) is 0 Å². The molecule has 1 saturated heterocycles. The van der Waals surface area contributed by atoms with Gasteiger partial charge in [0.1, 0.15) is 0 Å². The number of hydrogen-bond donors (Lipinski definition) is 0. The maximum Gasteiger partial charge on any atom is 0.0660 e. The molecule has 1 radical (unpaired) electrons. The second-order valence-electron chi connectivity index (χ2n) is 1.83. The summed E-state index contributed by atoms with van der Waals surface area (Å²) in [6, 6.07) is 2.17. The Morgan fingerprint density at radius 3 is 3.00 bits per heavy atom. The van der Waals surface area contributed by atoms with Crippen LogP contribution in [0.5, 0.6) is 0 Å². The van der Waals surface area contributed by atoms with Crippen molar-refractivity contribution in [1.29, 1.82) is 5.26 Å². The Bertz CT molecular complexity index is 99.6. The van der Waals surface area contributed by atoms with Crippen molar-refractivity contribution in [2.75, 3.05) is 13.2 Å². The molecule has 1 atom stereocenters. The summed E-state index contributed by atoms with van der Waals surface area (Å²) in [5.41, 5.74) is 0. The molecule has 0 aromatic carbocycles. The summed E-state index contributed by atoms with van der Waals surface area (Å²) in [6.07, 6.45) is 2.78. The maximum absolute atomic E-state index is 8.35. The molecule has 0 bridgehead atoms. The summed E-state index contributed by atoms with van der Waals surface area (Å²) in [4.78, 5) is 0. The molecule has 2 heteroatoms. The molecule has 0 amide bonds. The Morgan fingerprint density at radius 2 is 2.62 bits per heavy atom. The first-order valence-electron chi connectivity index (χ1n) is 2.74. The SMILES string of the molecule is N#CC1[CH]COCC1. The highest BCUT2D eigenvalue weighted by Gasteiger charge is 2.11. The first kappa shape index (κ1) is 5.58. The number of hydrogen-bond acceptors (Lipinski definition) is 2. The van der Waals surface area contributed by atoms with Crippen molar-refractivity contribution in [2.24, 2.45) is 5.92 Å². The van der Waals surface area contributed by atoms with Crippen molar-refractivity contribution in [2.45, 2.75) is 6.42 Å². The highest BCUT2D eigenvalue weighted by atomic mass is 16.5. The van der Waals surface area contributed by atoms with Gasteiger partial charge in [0.05, 0.1) is 18.6 Å². The average Bonchev–Trinajstić information content (AvgIpc) is 1.90. The molecule has 1 heterocycles. The van der Waals surface area contributed by atoms with Gasteiger partial charge >= 0.3 is 0 Å². The molecule has 43 valence electrons. The third kappa shape index (κ3) is 1.21. The predicted octanol–water partition coefficient (Wildman–Crippen LogP) is 0.751. The molecule has 1 rings (SSSR count). The molecule has 0 aromatic rings. The molecule has 1 unspecified atom stereocenters. The van der Waals surface area contributed by atoms with Crippen LogP contribution in [0.4, 0.5) is 0 Å². The van der Waals surface area contributed by atoms with Crippen molar-refractivity contribution in [3.63, 3.8) is 0 Å². The second kappa shape index (κ2) is 2.68. The summed E-state index contributed by atoms with van der Waals surface area (Å²) in [6.45, 7) is 1.40. The van der Waals surface area contributed by atoms with Crippen LogP contribution in [-0.2, 0) is 4.74 Å². The first-order chi connectivity index (χ1) is 3.93. The molecule has 0 aliphatic carbocycles. The van der Waals surface area contributed by atoms with E-state index in [1.165, 1.54) is 0 Å². The Hall–Kier alpha value is -0.550. The Labute approximate surface area is 49.1 Å². The minimum atomic E-state index is 0.142. The quantitative estimate of drug-likeness (QED) is 0.461.